The number of hydrogen-bond donors (Lipinski definition) is 1. The summed E-state index contributed by atoms with van der Waals surface area (Å²) in [6.45, 7) is 7.37. The summed E-state index contributed by atoms with van der Waals surface area (Å²) >= 11 is 0. The van der Waals surface area contributed by atoms with E-state index in [1.165, 1.54) is 16.8 Å². The van der Waals surface area contributed by atoms with E-state index in [4.69, 9.17) is 4.74 Å². The summed E-state index contributed by atoms with van der Waals surface area (Å²) in [4.78, 5) is 0. The summed E-state index contributed by atoms with van der Waals surface area (Å²) < 4.78 is 6.14. The molecule has 3 rings (SSSR count). The molecule has 2 aromatic carbocycles. The Hall–Kier alpha value is -1.80. The Morgan fingerprint density at radius 3 is 2.38 bits per heavy atom. The van der Waals surface area contributed by atoms with Crippen LogP contribution in [0.4, 0.5) is 5.69 Å². The lowest BCUT2D eigenvalue weighted by Crippen LogP contribution is -2.39. The van der Waals surface area contributed by atoms with Gasteiger partial charge in [-0.15, -0.1) is 0 Å². The van der Waals surface area contributed by atoms with Crippen molar-refractivity contribution in [2.24, 2.45) is 5.41 Å². The van der Waals surface area contributed by atoms with Crippen molar-refractivity contribution in [2.45, 2.75) is 32.9 Å². The Labute approximate surface area is 127 Å². The van der Waals surface area contributed by atoms with E-state index < -0.39 is 0 Å². The molecule has 0 fully saturated rings. The van der Waals surface area contributed by atoms with Gasteiger partial charge >= 0.3 is 0 Å². The van der Waals surface area contributed by atoms with Crippen LogP contribution in [0.3, 0.4) is 0 Å². The molecule has 1 aliphatic rings. The van der Waals surface area contributed by atoms with Gasteiger partial charge in [-0.25, -0.2) is 0 Å². The van der Waals surface area contributed by atoms with E-state index >= 15 is 0 Å². The third-order valence-corrected chi connectivity index (χ3v) is 4.43. The highest BCUT2D eigenvalue weighted by molar-refractivity contribution is 5.57. The molecule has 1 N–H and O–H groups in total. The first-order chi connectivity index (χ1) is 10.1. The largest absolute Gasteiger partial charge is 0.377 e. The minimum absolute atomic E-state index is 0.0221. The Morgan fingerprint density at radius 1 is 1.00 bits per heavy atom. The monoisotopic (exact) mass is 281 g/mol. The molecule has 0 aromatic heterocycles. The molecule has 2 aromatic rings. The van der Waals surface area contributed by atoms with Crippen LogP contribution in [0, 0.1) is 5.41 Å². The SMILES string of the molecule is CCO[C@@H]1c2ccccc2N[C@@H](c2ccccc2)C1(C)C. The van der Waals surface area contributed by atoms with Crippen molar-refractivity contribution >= 4 is 5.69 Å². The third-order valence-electron chi connectivity index (χ3n) is 4.43. The van der Waals surface area contributed by atoms with Crippen molar-refractivity contribution < 1.29 is 4.74 Å². The van der Waals surface area contributed by atoms with E-state index in [1.54, 1.807) is 0 Å². The minimum atomic E-state index is -0.0221. The maximum absolute atomic E-state index is 6.14. The highest BCUT2D eigenvalue weighted by atomic mass is 16.5. The lowest BCUT2D eigenvalue weighted by atomic mass is 9.70. The van der Waals surface area contributed by atoms with E-state index in [0.29, 0.717) is 0 Å². The molecule has 2 nitrogen and oxygen atoms in total. The number of fused-ring (bicyclic) bond motifs is 1. The molecule has 0 bridgehead atoms. The van der Waals surface area contributed by atoms with Gasteiger partial charge in [-0.05, 0) is 18.6 Å². The van der Waals surface area contributed by atoms with Crippen molar-refractivity contribution in [1.82, 2.24) is 0 Å². The fourth-order valence-corrected chi connectivity index (χ4v) is 3.38. The third kappa shape index (κ3) is 2.44. The highest BCUT2D eigenvalue weighted by Crippen LogP contribution is 2.52. The van der Waals surface area contributed by atoms with Crippen LogP contribution in [0.15, 0.2) is 54.6 Å². The number of hydrogen-bond acceptors (Lipinski definition) is 2. The van der Waals surface area contributed by atoms with E-state index in [-0.39, 0.29) is 17.6 Å². The van der Waals surface area contributed by atoms with E-state index in [2.05, 4.69) is 80.7 Å². The Morgan fingerprint density at radius 2 is 1.67 bits per heavy atom. The Kier molecular flexibility index (Phi) is 3.73. The first-order valence-corrected chi connectivity index (χ1v) is 7.66. The minimum Gasteiger partial charge on any atom is -0.377 e. The average Bonchev–Trinajstić information content (AvgIpc) is 2.50. The molecular formula is C19H23NO. The average molecular weight is 281 g/mol. The van der Waals surface area contributed by atoms with Gasteiger partial charge in [0.2, 0.25) is 0 Å². The van der Waals surface area contributed by atoms with Gasteiger partial charge in [-0.2, -0.15) is 0 Å². The maximum atomic E-state index is 6.14. The van der Waals surface area contributed by atoms with E-state index in [1.807, 2.05) is 0 Å². The summed E-state index contributed by atoms with van der Waals surface area (Å²) in [5, 5.41) is 3.71. The van der Waals surface area contributed by atoms with Crippen molar-refractivity contribution in [3.63, 3.8) is 0 Å². The van der Waals surface area contributed by atoms with Gasteiger partial charge in [0, 0.05) is 23.3 Å². The van der Waals surface area contributed by atoms with Crippen LogP contribution in [-0.2, 0) is 4.74 Å². The van der Waals surface area contributed by atoms with Gasteiger partial charge in [-0.1, -0.05) is 62.4 Å². The van der Waals surface area contributed by atoms with Crippen molar-refractivity contribution in [2.75, 3.05) is 11.9 Å². The second-order valence-electron chi connectivity index (χ2n) is 6.23. The first-order valence-electron chi connectivity index (χ1n) is 7.66. The van der Waals surface area contributed by atoms with E-state index in [0.717, 1.165) is 6.61 Å². The van der Waals surface area contributed by atoms with Gasteiger partial charge in [-0.3, -0.25) is 0 Å². The molecule has 1 heterocycles. The fourth-order valence-electron chi connectivity index (χ4n) is 3.38. The van der Waals surface area contributed by atoms with Gasteiger partial charge in [0.15, 0.2) is 0 Å². The van der Waals surface area contributed by atoms with Crippen molar-refractivity contribution in [3.05, 3.63) is 65.7 Å². The predicted octanol–water partition coefficient (Wildman–Crippen LogP) is 4.96. The van der Waals surface area contributed by atoms with Crippen LogP contribution < -0.4 is 5.32 Å². The molecule has 0 spiro atoms. The molecular weight excluding hydrogens is 258 g/mol. The van der Waals surface area contributed by atoms with Crippen molar-refractivity contribution in [3.8, 4) is 0 Å². The summed E-state index contributed by atoms with van der Waals surface area (Å²) in [5.41, 5.74) is 3.73. The number of nitrogens with one attached hydrogen (secondary N) is 1. The van der Waals surface area contributed by atoms with Crippen LogP contribution in [0.5, 0.6) is 0 Å². The van der Waals surface area contributed by atoms with Crippen LogP contribution in [0.1, 0.15) is 44.0 Å². The molecule has 0 saturated carbocycles. The predicted molar refractivity (Wildman–Crippen MR) is 87.4 cm³/mol. The molecule has 2 heteroatoms. The molecule has 0 saturated heterocycles. The van der Waals surface area contributed by atoms with Crippen LogP contribution in [0.25, 0.3) is 0 Å². The molecule has 0 amide bonds. The zero-order valence-corrected chi connectivity index (χ0v) is 13.0. The smallest absolute Gasteiger partial charge is 0.0918 e. The zero-order chi connectivity index (χ0) is 14.9. The fraction of sp³-hybridized carbons (Fsp3) is 0.368. The maximum Gasteiger partial charge on any atom is 0.0918 e. The lowest BCUT2D eigenvalue weighted by Gasteiger charge is -2.46. The number of benzene rings is 2. The molecule has 1 aliphatic heterocycles. The lowest BCUT2D eigenvalue weighted by molar-refractivity contribution is -0.0353. The number of ether oxygens (including phenoxy) is 1. The number of anilines is 1. The normalized spacial score (nSPS) is 23.2. The van der Waals surface area contributed by atoms with E-state index in [9.17, 15) is 0 Å². The Bertz CT molecular complexity index is 606. The summed E-state index contributed by atoms with van der Waals surface area (Å²) in [5.74, 6) is 0. The molecule has 21 heavy (non-hydrogen) atoms. The molecule has 0 aliphatic carbocycles. The second kappa shape index (κ2) is 5.53. The van der Waals surface area contributed by atoms with Gasteiger partial charge in [0.05, 0.1) is 12.1 Å². The molecule has 0 unspecified atom stereocenters. The summed E-state index contributed by atoms with van der Waals surface area (Å²) in [6.07, 6.45) is 0.102. The molecule has 110 valence electrons. The van der Waals surface area contributed by atoms with Gasteiger partial charge < -0.3 is 10.1 Å². The van der Waals surface area contributed by atoms with Gasteiger partial charge in [0.1, 0.15) is 0 Å². The molecule has 2 atom stereocenters. The quantitative estimate of drug-likeness (QED) is 0.858. The van der Waals surface area contributed by atoms with Crippen LogP contribution in [0.2, 0.25) is 0 Å². The second-order valence-corrected chi connectivity index (χ2v) is 6.23. The van der Waals surface area contributed by atoms with Crippen LogP contribution in [-0.4, -0.2) is 6.61 Å². The first kappa shape index (κ1) is 14.2. The van der Waals surface area contributed by atoms with Crippen molar-refractivity contribution in [1.29, 1.82) is 0 Å². The van der Waals surface area contributed by atoms with Crippen LogP contribution >= 0.6 is 0 Å². The zero-order valence-electron chi connectivity index (χ0n) is 13.0. The Balaban J connectivity index is 2.08. The topological polar surface area (TPSA) is 21.3 Å². The summed E-state index contributed by atoms with van der Waals surface area (Å²) in [6, 6.07) is 19.4. The number of para-hydroxylation sites is 1. The summed E-state index contributed by atoms with van der Waals surface area (Å²) in [7, 11) is 0. The standard InChI is InChI=1S/C19H23NO/c1-4-21-18-15-12-8-9-13-16(15)20-17(19(18,2)3)14-10-6-5-7-11-14/h5-13,17-18,20H,4H2,1-3H3/t17-,18+/m0/s1. The highest BCUT2D eigenvalue weighted by Gasteiger charge is 2.44. The molecule has 0 radical (unpaired) electrons. The van der Waals surface area contributed by atoms with Gasteiger partial charge in [0.25, 0.3) is 0 Å². The number of rotatable bonds is 3.